The minimum absolute atomic E-state index is 0.295. The van der Waals surface area contributed by atoms with Gasteiger partial charge in [0.15, 0.2) is 6.04 Å². The summed E-state index contributed by atoms with van der Waals surface area (Å²) in [5, 5.41) is 11.2. The minimum Gasteiger partial charge on any atom is -0.492 e. The van der Waals surface area contributed by atoms with Crippen LogP contribution in [0.25, 0.3) is 11.1 Å². The molecule has 1 atom stereocenters. The third kappa shape index (κ3) is 6.39. The SMILES string of the molecule is CNC(=O)C(C(=O)NO)N(C)C(=O)c1ccc(-c2ccc(OCCN(C)c3ccccc3)cc2)cc1. The number of hydrogen-bond donors (Lipinski definition) is 3. The highest BCUT2D eigenvalue weighted by Gasteiger charge is 2.33. The Morgan fingerprint density at radius 2 is 1.44 bits per heavy atom. The highest BCUT2D eigenvalue weighted by molar-refractivity contribution is 6.08. The van der Waals surface area contributed by atoms with Crippen molar-refractivity contribution < 1.29 is 24.3 Å². The van der Waals surface area contributed by atoms with Crippen molar-refractivity contribution in [1.29, 1.82) is 0 Å². The maximum Gasteiger partial charge on any atom is 0.275 e. The summed E-state index contributed by atoms with van der Waals surface area (Å²) in [6.07, 6.45) is 0. The van der Waals surface area contributed by atoms with Crippen molar-refractivity contribution in [2.75, 3.05) is 39.2 Å². The summed E-state index contributed by atoms with van der Waals surface area (Å²) in [6, 6.07) is 23.1. The van der Waals surface area contributed by atoms with E-state index in [0.717, 1.165) is 34.0 Å². The molecule has 0 aliphatic heterocycles. The molecule has 9 nitrogen and oxygen atoms in total. The first-order chi connectivity index (χ1) is 17.3. The predicted octanol–water partition coefficient (Wildman–Crippen LogP) is 2.56. The van der Waals surface area contributed by atoms with E-state index in [1.54, 1.807) is 24.3 Å². The van der Waals surface area contributed by atoms with Gasteiger partial charge in [-0.15, -0.1) is 0 Å². The van der Waals surface area contributed by atoms with Crippen LogP contribution in [0.4, 0.5) is 5.69 Å². The van der Waals surface area contributed by atoms with Crippen LogP contribution in [-0.2, 0) is 9.59 Å². The van der Waals surface area contributed by atoms with Crippen molar-refractivity contribution in [2.24, 2.45) is 0 Å². The molecule has 3 aromatic rings. The molecule has 0 saturated heterocycles. The zero-order valence-corrected chi connectivity index (χ0v) is 20.5. The van der Waals surface area contributed by atoms with Crippen LogP contribution in [0.3, 0.4) is 0 Å². The fourth-order valence-corrected chi connectivity index (χ4v) is 3.65. The van der Waals surface area contributed by atoms with Gasteiger partial charge >= 0.3 is 0 Å². The van der Waals surface area contributed by atoms with Crippen LogP contribution in [0.2, 0.25) is 0 Å². The second kappa shape index (κ2) is 12.4. The van der Waals surface area contributed by atoms with Crippen molar-refractivity contribution in [2.45, 2.75) is 6.04 Å². The van der Waals surface area contributed by atoms with Gasteiger partial charge in [0.2, 0.25) is 0 Å². The number of hydrogen-bond acceptors (Lipinski definition) is 6. The smallest absolute Gasteiger partial charge is 0.275 e. The summed E-state index contributed by atoms with van der Waals surface area (Å²) < 4.78 is 5.87. The lowest BCUT2D eigenvalue weighted by Gasteiger charge is -2.25. The third-order valence-electron chi connectivity index (χ3n) is 5.77. The van der Waals surface area contributed by atoms with E-state index in [1.807, 2.05) is 49.5 Å². The number of benzene rings is 3. The summed E-state index contributed by atoms with van der Waals surface area (Å²) in [5.41, 5.74) is 4.68. The summed E-state index contributed by atoms with van der Waals surface area (Å²) in [7, 11) is 4.68. The molecule has 0 aromatic heterocycles. The average molecular weight is 491 g/mol. The highest BCUT2D eigenvalue weighted by Crippen LogP contribution is 2.23. The first kappa shape index (κ1) is 26.2. The molecule has 0 saturated carbocycles. The summed E-state index contributed by atoms with van der Waals surface area (Å²) in [6.45, 7) is 1.29. The second-order valence-electron chi connectivity index (χ2n) is 8.12. The Morgan fingerprint density at radius 1 is 0.861 bits per heavy atom. The third-order valence-corrected chi connectivity index (χ3v) is 5.77. The van der Waals surface area contributed by atoms with E-state index in [-0.39, 0.29) is 0 Å². The largest absolute Gasteiger partial charge is 0.492 e. The average Bonchev–Trinajstić information content (AvgIpc) is 2.93. The Bertz CT molecular complexity index is 1150. The molecule has 0 aliphatic rings. The molecule has 0 fully saturated rings. The van der Waals surface area contributed by atoms with E-state index in [1.165, 1.54) is 19.6 Å². The normalized spacial score (nSPS) is 11.2. The number of ether oxygens (including phenoxy) is 1. The van der Waals surface area contributed by atoms with Crippen molar-refractivity contribution >= 4 is 23.4 Å². The maximum atomic E-state index is 12.8. The number of rotatable bonds is 10. The number of carbonyl (C=O) groups excluding carboxylic acids is 3. The molecule has 3 aromatic carbocycles. The Labute approximate surface area is 210 Å². The maximum absolute atomic E-state index is 12.8. The van der Waals surface area contributed by atoms with E-state index < -0.39 is 23.8 Å². The van der Waals surface area contributed by atoms with Crippen molar-refractivity contribution in [1.82, 2.24) is 15.7 Å². The lowest BCUT2D eigenvalue weighted by molar-refractivity contribution is -0.140. The minimum atomic E-state index is -1.51. The topological polar surface area (TPSA) is 111 Å². The lowest BCUT2D eigenvalue weighted by atomic mass is 10.0. The molecule has 0 radical (unpaired) electrons. The van der Waals surface area contributed by atoms with Crippen LogP contribution in [-0.4, -0.2) is 68.2 Å². The molecule has 0 aliphatic carbocycles. The van der Waals surface area contributed by atoms with E-state index in [9.17, 15) is 14.4 Å². The highest BCUT2D eigenvalue weighted by atomic mass is 16.5. The van der Waals surface area contributed by atoms with Gasteiger partial charge in [-0.25, -0.2) is 5.48 Å². The van der Waals surface area contributed by atoms with Gasteiger partial charge in [-0.1, -0.05) is 42.5 Å². The van der Waals surface area contributed by atoms with Crippen LogP contribution >= 0.6 is 0 Å². The molecule has 188 valence electrons. The quantitative estimate of drug-likeness (QED) is 0.229. The number of hydroxylamine groups is 1. The van der Waals surface area contributed by atoms with Gasteiger partial charge in [0, 0.05) is 32.4 Å². The van der Waals surface area contributed by atoms with E-state index in [0.29, 0.717) is 12.2 Å². The Kier molecular flexibility index (Phi) is 9.01. The Morgan fingerprint density at radius 3 is 2.00 bits per heavy atom. The first-order valence-corrected chi connectivity index (χ1v) is 11.4. The van der Waals surface area contributed by atoms with Crippen LogP contribution in [0.15, 0.2) is 78.9 Å². The molecule has 3 rings (SSSR count). The summed E-state index contributed by atoms with van der Waals surface area (Å²) >= 11 is 0. The van der Waals surface area contributed by atoms with Gasteiger partial charge in [0.25, 0.3) is 17.7 Å². The predicted molar refractivity (Wildman–Crippen MR) is 137 cm³/mol. The molecule has 1 unspecified atom stereocenters. The zero-order valence-electron chi connectivity index (χ0n) is 20.5. The number of para-hydroxylation sites is 1. The van der Waals surface area contributed by atoms with Crippen molar-refractivity contribution in [3.8, 4) is 16.9 Å². The Balaban J connectivity index is 1.60. The van der Waals surface area contributed by atoms with E-state index in [2.05, 4.69) is 22.3 Å². The van der Waals surface area contributed by atoms with Crippen LogP contribution in [0.5, 0.6) is 5.75 Å². The molecule has 0 heterocycles. The van der Waals surface area contributed by atoms with Gasteiger partial charge in [-0.2, -0.15) is 0 Å². The van der Waals surface area contributed by atoms with Gasteiger partial charge in [-0.3, -0.25) is 19.6 Å². The van der Waals surface area contributed by atoms with Gasteiger partial charge < -0.3 is 19.9 Å². The van der Waals surface area contributed by atoms with E-state index >= 15 is 0 Å². The zero-order chi connectivity index (χ0) is 26.1. The molecular formula is C27H30N4O5. The molecule has 9 heteroatoms. The van der Waals surface area contributed by atoms with Crippen molar-refractivity contribution in [3.05, 3.63) is 84.4 Å². The standard InChI is InChI=1S/C27H30N4O5/c1-28-25(32)24(26(33)29-35)31(3)27(34)21-11-9-19(10-12-21)20-13-15-23(16-14-20)36-18-17-30(2)22-7-5-4-6-8-22/h4-16,24,35H,17-18H2,1-3H3,(H,28,32)(H,29,33). The monoisotopic (exact) mass is 490 g/mol. The van der Waals surface area contributed by atoms with Gasteiger partial charge in [0.05, 0.1) is 6.54 Å². The number of nitrogens with one attached hydrogen (secondary N) is 2. The summed E-state index contributed by atoms with van der Waals surface area (Å²) in [4.78, 5) is 39.8. The molecule has 36 heavy (non-hydrogen) atoms. The van der Waals surface area contributed by atoms with Crippen LogP contribution in [0, 0.1) is 0 Å². The fourth-order valence-electron chi connectivity index (χ4n) is 3.65. The molecule has 0 spiro atoms. The molecule has 0 bridgehead atoms. The number of carbonyl (C=O) groups is 3. The number of anilines is 1. The van der Waals surface area contributed by atoms with Gasteiger partial charge in [0.1, 0.15) is 12.4 Å². The molecule has 3 N–H and O–H groups in total. The molecular weight excluding hydrogens is 460 g/mol. The first-order valence-electron chi connectivity index (χ1n) is 11.4. The second-order valence-corrected chi connectivity index (χ2v) is 8.12. The van der Waals surface area contributed by atoms with Gasteiger partial charge in [-0.05, 0) is 47.5 Å². The van der Waals surface area contributed by atoms with Crippen LogP contribution < -0.4 is 20.4 Å². The molecule has 3 amide bonds. The fraction of sp³-hybridized carbons (Fsp3) is 0.222. The number of likely N-dealkylation sites (N-methyl/N-ethyl adjacent to an activating group) is 3. The Hall–Kier alpha value is -4.37. The lowest BCUT2D eigenvalue weighted by Crippen LogP contribution is -2.54. The van der Waals surface area contributed by atoms with Crippen LogP contribution in [0.1, 0.15) is 10.4 Å². The summed E-state index contributed by atoms with van der Waals surface area (Å²) in [5.74, 6) is -1.50. The number of amides is 3. The van der Waals surface area contributed by atoms with E-state index in [4.69, 9.17) is 9.94 Å². The van der Waals surface area contributed by atoms with Crippen molar-refractivity contribution in [3.63, 3.8) is 0 Å². The number of nitrogens with zero attached hydrogens (tertiary/aromatic N) is 2.